The molecule has 0 aliphatic carbocycles. The number of rotatable bonds is 5. The SMILES string of the molecule is CC(=O)c1ccc([N+](c2ccccc2)(c2ccccc2)c2ccccc2)cc1.[Cl-]. The van der Waals surface area contributed by atoms with Gasteiger partial charge < -0.3 is 12.4 Å². The molecular formula is C26H22ClNO. The van der Waals surface area contributed by atoms with Gasteiger partial charge in [-0.25, -0.2) is 0 Å². The lowest BCUT2D eigenvalue weighted by Gasteiger charge is -2.37. The van der Waals surface area contributed by atoms with Crippen LogP contribution in [0.1, 0.15) is 17.3 Å². The molecule has 0 N–H and O–H groups in total. The summed E-state index contributed by atoms with van der Waals surface area (Å²) in [4.78, 5) is 11.8. The topological polar surface area (TPSA) is 17.1 Å². The van der Waals surface area contributed by atoms with Crippen molar-refractivity contribution in [3.8, 4) is 0 Å². The second-order valence-electron chi connectivity index (χ2n) is 6.78. The van der Waals surface area contributed by atoms with Crippen LogP contribution in [-0.4, -0.2) is 5.78 Å². The zero-order valence-corrected chi connectivity index (χ0v) is 17.0. The van der Waals surface area contributed by atoms with Crippen LogP contribution >= 0.6 is 0 Å². The van der Waals surface area contributed by atoms with Crippen LogP contribution in [0.5, 0.6) is 0 Å². The van der Waals surface area contributed by atoms with Crippen molar-refractivity contribution in [2.45, 2.75) is 6.92 Å². The Labute approximate surface area is 178 Å². The third-order valence-corrected chi connectivity index (χ3v) is 5.09. The molecule has 0 aliphatic rings. The third kappa shape index (κ3) is 3.73. The molecule has 0 unspecified atom stereocenters. The molecular weight excluding hydrogens is 378 g/mol. The summed E-state index contributed by atoms with van der Waals surface area (Å²) in [5.74, 6) is 0.0729. The maximum Gasteiger partial charge on any atom is 0.159 e. The molecule has 0 saturated heterocycles. The first-order valence-electron chi connectivity index (χ1n) is 9.40. The quantitative estimate of drug-likeness (QED) is 0.363. The number of quaternary nitrogens is 1. The molecule has 0 atom stereocenters. The van der Waals surface area contributed by atoms with E-state index in [2.05, 4.69) is 84.9 Å². The lowest BCUT2D eigenvalue weighted by atomic mass is 10.0. The highest BCUT2D eigenvalue weighted by atomic mass is 35.5. The summed E-state index contributed by atoms with van der Waals surface area (Å²) in [5.41, 5.74) is 5.20. The van der Waals surface area contributed by atoms with Crippen molar-refractivity contribution in [3.05, 3.63) is 121 Å². The molecule has 2 nitrogen and oxygen atoms in total. The Kier molecular flexibility index (Phi) is 6.28. The number of Topliss-reactive ketones (excluding diaryl/α,β-unsaturated/α-hetero) is 1. The molecule has 0 spiro atoms. The molecule has 0 amide bonds. The molecule has 0 fully saturated rings. The molecule has 29 heavy (non-hydrogen) atoms. The molecule has 4 rings (SSSR count). The van der Waals surface area contributed by atoms with E-state index in [4.69, 9.17) is 0 Å². The number of hydrogen-bond donors (Lipinski definition) is 0. The minimum atomic E-state index is 0. The Bertz CT molecular complexity index is 965. The largest absolute Gasteiger partial charge is 1.00 e. The van der Waals surface area contributed by atoms with Crippen molar-refractivity contribution in [1.82, 2.24) is 4.48 Å². The maximum atomic E-state index is 11.8. The Morgan fingerprint density at radius 3 is 1.14 bits per heavy atom. The van der Waals surface area contributed by atoms with Gasteiger partial charge in [-0.15, -0.1) is 0 Å². The van der Waals surface area contributed by atoms with Gasteiger partial charge >= 0.3 is 0 Å². The number of carbonyl (C=O) groups excluding carboxylic acids is 1. The minimum Gasteiger partial charge on any atom is -1.00 e. The normalized spacial score (nSPS) is 10.8. The van der Waals surface area contributed by atoms with Crippen molar-refractivity contribution in [2.75, 3.05) is 0 Å². The molecule has 0 bridgehead atoms. The van der Waals surface area contributed by atoms with Crippen molar-refractivity contribution in [3.63, 3.8) is 0 Å². The smallest absolute Gasteiger partial charge is 0.159 e. The number of carbonyl (C=O) groups is 1. The number of benzene rings is 4. The summed E-state index contributed by atoms with van der Waals surface area (Å²) >= 11 is 0. The fourth-order valence-corrected chi connectivity index (χ4v) is 3.77. The summed E-state index contributed by atoms with van der Waals surface area (Å²) in [5, 5.41) is 0. The average Bonchev–Trinajstić information content (AvgIpc) is 2.77. The number of nitrogens with zero attached hydrogens (tertiary/aromatic N) is 1. The number of para-hydroxylation sites is 3. The van der Waals surface area contributed by atoms with E-state index >= 15 is 0 Å². The second-order valence-corrected chi connectivity index (χ2v) is 6.78. The molecule has 0 heterocycles. The summed E-state index contributed by atoms with van der Waals surface area (Å²) in [7, 11) is 0. The summed E-state index contributed by atoms with van der Waals surface area (Å²) < 4.78 is 0.445. The van der Waals surface area contributed by atoms with Crippen LogP contribution in [-0.2, 0) is 0 Å². The van der Waals surface area contributed by atoms with E-state index in [0.29, 0.717) is 4.48 Å². The molecule has 4 aromatic rings. The fraction of sp³-hybridized carbons (Fsp3) is 0.0385. The Morgan fingerprint density at radius 2 is 0.828 bits per heavy atom. The van der Waals surface area contributed by atoms with Gasteiger partial charge in [0.25, 0.3) is 0 Å². The van der Waals surface area contributed by atoms with Crippen LogP contribution in [0.2, 0.25) is 0 Å². The highest BCUT2D eigenvalue weighted by Crippen LogP contribution is 2.50. The van der Waals surface area contributed by atoms with Gasteiger partial charge in [0.1, 0.15) is 22.7 Å². The predicted octanol–water partition coefficient (Wildman–Crippen LogP) is 4.20. The lowest BCUT2D eigenvalue weighted by Crippen LogP contribution is -3.00. The van der Waals surface area contributed by atoms with E-state index < -0.39 is 0 Å². The van der Waals surface area contributed by atoms with Crippen molar-refractivity contribution < 1.29 is 17.2 Å². The Balaban J connectivity index is 0.00000240. The lowest BCUT2D eigenvalue weighted by molar-refractivity contribution is -0.0000135. The monoisotopic (exact) mass is 399 g/mol. The zero-order valence-electron chi connectivity index (χ0n) is 16.2. The summed E-state index contributed by atoms with van der Waals surface area (Å²) in [6, 6.07) is 39.4. The maximum absolute atomic E-state index is 11.8. The first-order chi connectivity index (χ1) is 13.7. The highest BCUT2D eigenvalue weighted by Gasteiger charge is 2.38. The number of ketones is 1. The van der Waals surface area contributed by atoms with Crippen molar-refractivity contribution >= 4 is 28.5 Å². The second kappa shape index (κ2) is 8.87. The van der Waals surface area contributed by atoms with Crippen molar-refractivity contribution in [2.24, 2.45) is 0 Å². The molecule has 0 radical (unpaired) electrons. The van der Waals surface area contributed by atoms with Crippen LogP contribution in [0, 0.1) is 0 Å². The third-order valence-electron chi connectivity index (χ3n) is 5.09. The van der Waals surface area contributed by atoms with Gasteiger partial charge in [0.15, 0.2) is 5.78 Å². The van der Waals surface area contributed by atoms with Gasteiger partial charge in [-0.3, -0.25) is 4.79 Å². The minimum absolute atomic E-state index is 0. The molecule has 0 aromatic heterocycles. The van der Waals surface area contributed by atoms with Crippen LogP contribution < -0.4 is 16.9 Å². The van der Waals surface area contributed by atoms with Crippen LogP contribution in [0.25, 0.3) is 0 Å². The van der Waals surface area contributed by atoms with Gasteiger partial charge in [0.2, 0.25) is 0 Å². The summed E-state index contributed by atoms with van der Waals surface area (Å²) in [6.45, 7) is 1.60. The first kappa shape index (κ1) is 20.5. The summed E-state index contributed by atoms with van der Waals surface area (Å²) in [6.07, 6.45) is 0. The first-order valence-corrected chi connectivity index (χ1v) is 9.40. The van der Waals surface area contributed by atoms with E-state index in [9.17, 15) is 4.79 Å². The van der Waals surface area contributed by atoms with Crippen LogP contribution in [0.3, 0.4) is 0 Å². The van der Waals surface area contributed by atoms with Crippen LogP contribution in [0.4, 0.5) is 22.7 Å². The average molecular weight is 400 g/mol. The molecule has 4 aromatic carbocycles. The number of halogens is 1. The zero-order chi connectivity index (χ0) is 19.4. The van der Waals surface area contributed by atoms with Gasteiger partial charge in [0.05, 0.1) is 0 Å². The van der Waals surface area contributed by atoms with E-state index in [-0.39, 0.29) is 18.2 Å². The van der Waals surface area contributed by atoms with Gasteiger partial charge in [-0.05, 0) is 19.1 Å². The Hall–Kier alpha value is -3.20. The molecule has 144 valence electrons. The standard InChI is InChI=1S/C26H22NO.ClH/c1-21(28)22-17-19-26(20-18-22)27(23-11-5-2-6-12-23,24-13-7-3-8-14-24)25-15-9-4-10-16-25;/h2-20H,1H3;1H/q+1;/p-1. The molecule has 0 saturated carbocycles. The predicted molar refractivity (Wildman–Crippen MR) is 117 cm³/mol. The number of hydrogen-bond acceptors (Lipinski definition) is 1. The molecule has 3 heteroatoms. The van der Waals surface area contributed by atoms with E-state index in [0.717, 1.165) is 28.3 Å². The van der Waals surface area contributed by atoms with Crippen LogP contribution in [0.15, 0.2) is 115 Å². The van der Waals surface area contributed by atoms with Crippen molar-refractivity contribution in [1.29, 1.82) is 0 Å². The van der Waals surface area contributed by atoms with Gasteiger partial charge in [-0.1, -0.05) is 54.6 Å². The Morgan fingerprint density at radius 1 is 0.517 bits per heavy atom. The van der Waals surface area contributed by atoms with E-state index in [1.807, 2.05) is 30.3 Å². The van der Waals surface area contributed by atoms with E-state index in [1.165, 1.54) is 0 Å². The fourth-order valence-electron chi connectivity index (χ4n) is 3.77. The molecule has 0 aliphatic heterocycles. The van der Waals surface area contributed by atoms with Gasteiger partial charge in [-0.2, -0.15) is 4.48 Å². The van der Waals surface area contributed by atoms with Gasteiger partial charge in [0, 0.05) is 54.1 Å². The van der Waals surface area contributed by atoms with E-state index in [1.54, 1.807) is 6.92 Å². The highest BCUT2D eigenvalue weighted by molar-refractivity contribution is 5.94.